The molecular weight excluding hydrogens is 391 g/mol. The molecular formula is C18H16Cl2F4N2. The molecule has 0 atom stereocenters. The fraction of sp³-hybridized carbons (Fsp3) is 0.278. The Labute approximate surface area is 159 Å². The van der Waals surface area contributed by atoms with Crippen LogP contribution >= 0.6 is 23.2 Å². The minimum absolute atomic E-state index is 0.164. The zero-order chi connectivity index (χ0) is 19.5. The zero-order valence-corrected chi connectivity index (χ0v) is 15.6. The van der Waals surface area contributed by atoms with Crippen LogP contribution in [-0.2, 0) is 12.6 Å². The molecule has 0 aliphatic rings. The number of hydrogen-bond donors (Lipinski definition) is 0. The van der Waals surface area contributed by atoms with Gasteiger partial charge < -0.3 is 4.90 Å². The summed E-state index contributed by atoms with van der Waals surface area (Å²) in [5, 5.41) is 0.382. The summed E-state index contributed by atoms with van der Waals surface area (Å²) in [5.41, 5.74) is -0.836. The summed E-state index contributed by atoms with van der Waals surface area (Å²) in [6, 6.07) is 5.72. The van der Waals surface area contributed by atoms with E-state index in [9.17, 15) is 17.6 Å². The smallest absolute Gasteiger partial charge is 0.366 e. The Balaban J connectivity index is 2.41. The van der Waals surface area contributed by atoms with Crippen LogP contribution in [0.2, 0.25) is 10.0 Å². The standard InChI is InChI=1S/C18H16Cl2F4N2/c1-3-26(2)10-25-17-9-14(19)11(8-15(17)20)7-12-13(18(22,23)24)5-4-6-16(12)21/h4-6,8-10H,3,7H2,1-2H3/b25-10-. The number of alkyl halides is 3. The third kappa shape index (κ3) is 4.89. The fourth-order valence-corrected chi connectivity index (χ4v) is 2.71. The molecule has 0 aromatic heterocycles. The van der Waals surface area contributed by atoms with Gasteiger partial charge in [-0.3, -0.25) is 0 Å². The molecule has 0 aliphatic heterocycles. The summed E-state index contributed by atoms with van der Waals surface area (Å²) in [4.78, 5) is 6.00. The number of benzene rings is 2. The van der Waals surface area contributed by atoms with Crippen molar-refractivity contribution in [3.63, 3.8) is 0 Å². The van der Waals surface area contributed by atoms with Crippen molar-refractivity contribution in [2.75, 3.05) is 13.6 Å². The highest BCUT2D eigenvalue weighted by Crippen LogP contribution is 2.37. The molecule has 0 N–H and O–H groups in total. The van der Waals surface area contributed by atoms with Crippen LogP contribution in [0.3, 0.4) is 0 Å². The van der Waals surface area contributed by atoms with Crippen molar-refractivity contribution in [1.29, 1.82) is 0 Å². The molecule has 0 heterocycles. The minimum atomic E-state index is -4.66. The molecule has 0 unspecified atom stereocenters. The number of rotatable bonds is 5. The summed E-state index contributed by atoms with van der Waals surface area (Å²) in [6.07, 6.45) is -3.43. The molecule has 0 saturated carbocycles. The molecule has 140 valence electrons. The maximum atomic E-state index is 14.0. The molecule has 2 nitrogen and oxygen atoms in total. The first-order valence-corrected chi connectivity index (χ1v) is 8.46. The second kappa shape index (κ2) is 8.27. The summed E-state index contributed by atoms with van der Waals surface area (Å²) in [5.74, 6) is -0.946. The van der Waals surface area contributed by atoms with E-state index in [1.807, 2.05) is 18.9 Å². The minimum Gasteiger partial charge on any atom is -0.366 e. The summed E-state index contributed by atoms with van der Waals surface area (Å²) in [7, 11) is 1.82. The first kappa shape index (κ1) is 20.5. The average Bonchev–Trinajstić information content (AvgIpc) is 2.56. The molecule has 0 radical (unpaired) electrons. The van der Waals surface area contributed by atoms with E-state index in [4.69, 9.17) is 23.2 Å². The number of nitrogens with zero attached hydrogens (tertiary/aromatic N) is 2. The van der Waals surface area contributed by atoms with Gasteiger partial charge in [0.2, 0.25) is 0 Å². The van der Waals surface area contributed by atoms with Gasteiger partial charge in [-0.2, -0.15) is 13.2 Å². The predicted octanol–water partition coefficient (Wildman–Crippen LogP) is 6.35. The lowest BCUT2D eigenvalue weighted by Gasteiger charge is -2.15. The summed E-state index contributed by atoms with van der Waals surface area (Å²) < 4.78 is 53.4. The van der Waals surface area contributed by atoms with E-state index < -0.39 is 23.1 Å². The van der Waals surface area contributed by atoms with Crippen LogP contribution in [0, 0.1) is 5.82 Å². The van der Waals surface area contributed by atoms with Gasteiger partial charge in [-0.05, 0) is 36.8 Å². The van der Waals surface area contributed by atoms with Gasteiger partial charge in [0.15, 0.2) is 0 Å². The molecule has 0 amide bonds. The van der Waals surface area contributed by atoms with Gasteiger partial charge in [0.1, 0.15) is 5.82 Å². The Hall–Kier alpha value is -1.79. The van der Waals surface area contributed by atoms with Crippen LogP contribution in [0.25, 0.3) is 0 Å². The molecule has 2 rings (SSSR count). The summed E-state index contributed by atoms with van der Waals surface area (Å²) >= 11 is 12.3. The van der Waals surface area contributed by atoms with Crippen LogP contribution in [0.1, 0.15) is 23.6 Å². The monoisotopic (exact) mass is 406 g/mol. The van der Waals surface area contributed by atoms with Crippen LogP contribution in [0.4, 0.5) is 23.2 Å². The SMILES string of the molecule is CCN(C)/C=N\c1cc(Cl)c(Cc2c(F)cccc2C(F)(F)F)cc1Cl. The topological polar surface area (TPSA) is 15.6 Å². The van der Waals surface area contributed by atoms with Crippen LogP contribution < -0.4 is 0 Å². The maximum Gasteiger partial charge on any atom is 0.416 e. The Morgan fingerprint density at radius 3 is 2.46 bits per heavy atom. The molecule has 0 fully saturated rings. The van der Waals surface area contributed by atoms with Crippen molar-refractivity contribution in [3.8, 4) is 0 Å². The fourth-order valence-electron chi connectivity index (χ4n) is 2.25. The highest BCUT2D eigenvalue weighted by molar-refractivity contribution is 6.35. The van der Waals surface area contributed by atoms with Gasteiger partial charge in [-0.1, -0.05) is 29.3 Å². The lowest BCUT2D eigenvalue weighted by atomic mass is 9.98. The second-order valence-electron chi connectivity index (χ2n) is 5.65. The predicted molar refractivity (Wildman–Crippen MR) is 97.1 cm³/mol. The quantitative estimate of drug-likeness (QED) is 0.320. The molecule has 0 bridgehead atoms. The largest absolute Gasteiger partial charge is 0.416 e. The molecule has 26 heavy (non-hydrogen) atoms. The van der Waals surface area contributed by atoms with Crippen molar-refractivity contribution in [3.05, 3.63) is 62.9 Å². The maximum absolute atomic E-state index is 14.0. The van der Waals surface area contributed by atoms with E-state index in [1.165, 1.54) is 12.1 Å². The number of hydrogen-bond acceptors (Lipinski definition) is 1. The normalized spacial score (nSPS) is 12.0. The molecule has 0 aliphatic carbocycles. The van der Waals surface area contributed by atoms with Crippen LogP contribution in [0.15, 0.2) is 35.3 Å². The van der Waals surface area contributed by atoms with Crippen molar-refractivity contribution in [1.82, 2.24) is 4.90 Å². The highest BCUT2D eigenvalue weighted by Gasteiger charge is 2.34. The van der Waals surface area contributed by atoms with Crippen molar-refractivity contribution in [2.45, 2.75) is 19.5 Å². The molecule has 0 spiro atoms. The Bertz CT molecular complexity index is 820. The van der Waals surface area contributed by atoms with E-state index in [2.05, 4.69) is 4.99 Å². The van der Waals surface area contributed by atoms with Gasteiger partial charge >= 0.3 is 6.18 Å². The van der Waals surface area contributed by atoms with Crippen LogP contribution in [0.5, 0.6) is 0 Å². The molecule has 2 aromatic rings. The van der Waals surface area contributed by atoms with Gasteiger partial charge in [0.05, 0.1) is 22.6 Å². The lowest BCUT2D eigenvalue weighted by molar-refractivity contribution is -0.138. The number of aliphatic imine (C=N–C) groups is 1. The van der Waals surface area contributed by atoms with Crippen molar-refractivity contribution < 1.29 is 17.6 Å². The summed E-state index contributed by atoms with van der Waals surface area (Å²) in [6.45, 7) is 2.68. The molecule has 0 saturated heterocycles. The van der Waals surface area contributed by atoms with E-state index in [0.29, 0.717) is 5.69 Å². The van der Waals surface area contributed by atoms with Crippen LogP contribution in [-0.4, -0.2) is 24.8 Å². The Morgan fingerprint density at radius 2 is 1.85 bits per heavy atom. The van der Waals surface area contributed by atoms with Crippen molar-refractivity contribution in [2.24, 2.45) is 4.99 Å². The average molecular weight is 407 g/mol. The molecule has 2 aromatic carbocycles. The first-order chi connectivity index (χ1) is 12.1. The Kier molecular flexibility index (Phi) is 6.53. The number of halogens is 6. The highest BCUT2D eigenvalue weighted by atomic mass is 35.5. The lowest BCUT2D eigenvalue weighted by Crippen LogP contribution is -2.14. The van der Waals surface area contributed by atoms with Gasteiger partial charge in [0.25, 0.3) is 0 Å². The second-order valence-corrected chi connectivity index (χ2v) is 6.47. The Morgan fingerprint density at radius 1 is 1.15 bits per heavy atom. The first-order valence-electron chi connectivity index (χ1n) is 7.70. The zero-order valence-electron chi connectivity index (χ0n) is 14.0. The van der Waals surface area contributed by atoms with E-state index in [1.54, 1.807) is 6.34 Å². The van der Waals surface area contributed by atoms with E-state index in [0.717, 1.165) is 24.7 Å². The van der Waals surface area contributed by atoms with Gasteiger partial charge in [0, 0.05) is 30.6 Å². The van der Waals surface area contributed by atoms with E-state index >= 15 is 0 Å². The molecule has 8 heteroatoms. The third-order valence-electron chi connectivity index (χ3n) is 3.80. The van der Waals surface area contributed by atoms with E-state index in [-0.39, 0.29) is 22.0 Å². The van der Waals surface area contributed by atoms with Gasteiger partial charge in [-0.25, -0.2) is 9.38 Å². The third-order valence-corrected chi connectivity index (χ3v) is 4.45. The van der Waals surface area contributed by atoms with Gasteiger partial charge in [-0.15, -0.1) is 0 Å². The van der Waals surface area contributed by atoms with Crippen molar-refractivity contribution >= 4 is 35.2 Å².